The highest BCUT2D eigenvalue weighted by atomic mass is 16.8. The van der Waals surface area contributed by atoms with Gasteiger partial charge in [0, 0.05) is 26.5 Å². The molecule has 1 unspecified atom stereocenters. The number of rotatable bonds is 13. The highest BCUT2D eigenvalue weighted by Crippen LogP contribution is 2.26. The van der Waals surface area contributed by atoms with Crippen LogP contribution in [0, 0.1) is 23.7 Å². The van der Waals surface area contributed by atoms with Crippen molar-refractivity contribution < 1.29 is 28.8 Å². The van der Waals surface area contributed by atoms with Crippen molar-refractivity contribution in [3.8, 4) is 0 Å². The van der Waals surface area contributed by atoms with Gasteiger partial charge < -0.3 is 4.74 Å². The summed E-state index contributed by atoms with van der Waals surface area (Å²) in [5.74, 6) is -3.86. The quantitative estimate of drug-likeness (QED) is 0.294. The van der Waals surface area contributed by atoms with Crippen LogP contribution in [-0.2, 0) is 28.8 Å². The average molecular weight is 530 g/mol. The molecule has 1 aliphatic heterocycles. The number of hydroxylamine groups is 1. The number of benzene rings is 1. The minimum absolute atomic E-state index is 0.0129. The molecule has 0 aliphatic carbocycles. The Bertz CT molecular complexity index is 941. The van der Waals surface area contributed by atoms with Crippen LogP contribution in [-0.4, -0.2) is 48.0 Å². The molecule has 3 atom stereocenters. The number of ketones is 1. The maximum absolute atomic E-state index is 13.6. The fraction of sp³-hybridized carbons (Fsp3) is 0.586. The van der Waals surface area contributed by atoms with Crippen molar-refractivity contribution >= 4 is 29.6 Å². The number of ether oxygens (including phenoxy) is 1. The van der Waals surface area contributed by atoms with Crippen molar-refractivity contribution in [2.24, 2.45) is 23.7 Å². The van der Waals surface area contributed by atoms with Gasteiger partial charge in [0.2, 0.25) is 17.6 Å². The lowest BCUT2D eigenvalue weighted by Gasteiger charge is -2.31. The predicted molar refractivity (Wildman–Crippen MR) is 145 cm³/mol. The summed E-state index contributed by atoms with van der Waals surface area (Å²) in [6.07, 6.45) is 6.47. The maximum atomic E-state index is 13.6. The molecule has 1 aromatic carbocycles. The predicted octanol–water partition coefficient (Wildman–Crippen LogP) is 4.05. The zero-order valence-corrected chi connectivity index (χ0v) is 23.3. The van der Waals surface area contributed by atoms with Crippen molar-refractivity contribution in [2.45, 2.75) is 73.0 Å². The van der Waals surface area contributed by atoms with Gasteiger partial charge in [-0.15, -0.1) is 0 Å². The lowest BCUT2D eigenvalue weighted by molar-refractivity contribution is -0.203. The Labute approximate surface area is 226 Å². The molecule has 9 heteroatoms. The number of hydrogen-bond donors (Lipinski definition) is 2. The van der Waals surface area contributed by atoms with Crippen LogP contribution in [0.4, 0.5) is 0 Å². The second-order valence-electron chi connectivity index (χ2n) is 10.6. The van der Waals surface area contributed by atoms with Crippen LogP contribution in [0.5, 0.6) is 0 Å². The van der Waals surface area contributed by atoms with Crippen molar-refractivity contribution in [1.82, 2.24) is 15.9 Å². The first-order chi connectivity index (χ1) is 18.1. The normalized spacial score (nSPS) is 17.3. The highest BCUT2D eigenvalue weighted by Gasteiger charge is 2.36. The molecule has 38 heavy (non-hydrogen) atoms. The Morgan fingerprint density at radius 2 is 1.74 bits per heavy atom. The summed E-state index contributed by atoms with van der Waals surface area (Å²) in [5, 5.41) is 1.06. The number of allylic oxidation sites excluding steroid dienone is 1. The van der Waals surface area contributed by atoms with Crippen LogP contribution in [0.25, 0.3) is 6.08 Å². The first kappa shape index (κ1) is 31.2. The van der Waals surface area contributed by atoms with Gasteiger partial charge in [-0.3, -0.25) is 24.6 Å². The largest absolute Gasteiger partial charge is 0.350 e. The van der Waals surface area contributed by atoms with E-state index in [1.165, 1.54) is 6.92 Å². The third-order valence-corrected chi connectivity index (χ3v) is 6.15. The molecule has 9 nitrogen and oxygen atoms in total. The summed E-state index contributed by atoms with van der Waals surface area (Å²) in [7, 11) is 0. The first-order valence-electron chi connectivity index (χ1n) is 13.5. The zero-order valence-electron chi connectivity index (χ0n) is 23.3. The molecule has 0 radical (unpaired) electrons. The van der Waals surface area contributed by atoms with Gasteiger partial charge >= 0.3 is 5.91 Å². The molecule has 210 valence electrons. The molecule has 3 amide bonds. The van der Waals surface area contributed by atoms with Crippen molar-refractivity contribution in [2.75, 3.05) is 13.2 Å². The van der Waals surface area contributed by atoms with E-state index in [9.17, 15) is 19.2 Å². The Balaban J connectivity index is 2.28. The lowest BCUT2D eigenvalue weighted by atomic mass is 9.82. The van der Waals surface area contributed by atoms with Gasteiger partial charge in [0.15, 0.2) is 6.29 Å². The summed E-state index contributed by atoms with van der Waals surface area (Å²) < 4.78 is 5.55. The van der Waals surface area contributed by atoms with E-state index in [4.69, 9.17) is 9.57 Å². The molecule has 2 N–H and O–H groups in total. The molecule has 0 bridgehead atoms. The molecule has 0 spiro atoms. The minimum Gasteiger partial charge on any atom is -0.350 e. The van der Waals surface area contributed by atoms with Crippen LogP contribution >= 0.6 is 0 Å². The van der Waals surface area contributed by atoms with Crippen LogP contribution in [0.1, 0.15) is 72.3 Å². The summed E-state index contributed by atoms with van der Waals surface area (Å²) in [4.78, 5) is 56.9. The standard InChI is InChI=1S/C29H43N3O6/c1-20(2)18-25(27(34)30-32(19-21(3)4)29(36)22(5)33)24(15-11-14-23-12-7-6-8-13-23)28(35)31-38-26-16-9-10-17-37-26/h6-8,11-14,20-21,24-26H,9-10,15-19H2,1-5H3,(H,30,34)(H,31,35)/t24-,25?,26+/m1/s1. The Kier molecular flexibility index (Phi) is 13.2. The van der Waals surface area contributed by atoms with E-state index in [0.29, 0.717) is 19.4 Å². The number of amides is 3. The second kappa shape index (κ2) is 16.0. The van der Waals surface area contributed by atoms with Crippen LogP contribution in [0.3, 0.4) is 0 Å². The van der Waals surface area contributed by atoms with Gasteiger partial charge in [0.05, 0.1) is 11.8 Å². The van der Waals surface area contributed by atoms with Gasteiger partial charge in [0.1, 0.15) is 0 Å². The molecule has 0 aromatic heterocycles. The molecule has 1 aliphatic rings. The van der Waals surface area contributed by atoms with Crippen molar-refractivity contribution in [3.63, 3.8) is 0 Å². The molecular weight excluding hydrogens is 486 g/mol. The molecule has 2 rings (SSSR count). The molecule has 1 aromatic rings. The zero-order chi connectivity index (χ0) is 28.1. The molecule has 0 saturated carbocycles. The fourth-order valence-electron chi connectivity index (χ4n) is 4.28. The highest BCUT2D eigenvalue weighted by molar-refractivity contribution is 6.35. The topological polar surface area (TPSA) is 114 Å². The molecule has 1 fully saturated rings. The third kappa shape index (κ3) is 10.8. The number of carbonyl (C=O) groups excluding carboxylic acids is 4. The van der Waals surface area contributed by atoms with E-state index < -0.39 is 41.6 Å². The Hall–Kier alpha value is -3.04. The SMILES string of the molecule is CC(=O)C(=O)N(CC(C)C)NC(=O)C(CC(C)C)[C@@H](CC=Cc1ccccc1)C(=O)NO[C@H]1CCCCO1. The number of hydrazine groups is 1. The monoisotopic (exact) mass is 529 g/mol. The van der Waals surface area contributed by atoms with Gasteiger partial charge in [-0.2, -0.15) is 0 Å². The number of carbonyl (C=O) groups is 4. The van der Waals surface area contributed by atoms with E-state index in [0.717, 1.165) is 23.4 Å². The van der Waals surface area contributed by atoms with Crippen molar-refractivity contribution in [3.05, 3.63) is 42.0 Å². The number of nitrogens with one attached hydrogen (secondary N) is 2. The summed E-state index contributed by atoms with van der Waals surface area (Å²) in [6, 6.07) is 9.67. The van der Waals surface area contributed by atoms with Crippen LogP contribution in [0.2, 0.25) is 0 Å². The number of hydrogen-bond acceptors (Lipinski definition) is 6. The van der Waals surface area contributed by atoms with Crippen molar-refractivity contribution in [1.29, 1.82) is 0 Å². The van der Waals surface area contributed by atoms with Gasteiger partial charge in [0.25, 0.3) is 0 Å². The van der Waals surface area contributed by atoms with E-state index in [-0.39, 0.29) is 24.8 Å². The maximum Gasteiger partial charge on any atom is 0.308 e. The number of Topliss-reactive ketones (excluding diaryl/α,β-unsaturated/α-hetero) is 1. The van der Waals surface area contributed by atoms with Gasteiger partial charge in [-0.1, -0.05) is 70.2 Å². The fourth-order valence-corrected chi connectivity index (χ4v) is 4.28. The van der Waals surface area contributed by atoms with E-state index in [1.54, 1.807) is 0 Å². The molecule has 1 heterocycles. The Morgan fingerprint density at radius 1 is 1.03 bits per heavy atom. The lowest BCUT2D eigenvalue weighted by Crippen LogP contribution is -2.53. The summed E-state index contributed by atoms with van der Waals surface area (Å²) in [5.41, 5.74) is 6.13. The molecule has 1 saturated heterocycles. The van der Waals surface area contributed by atoms with Gasteiger partial charge in [-0.05, 0) is 43.1 Å². The van der Waals surface area contributed by atoms with E-state index in [2.05, 4.69) is 10.9 Å². The van der Waals surface area contributed by atoms with Crippen LogP contribution in [0.15, 0.2) is 36.4 Å². The Morgan fingerprint density at radius 3 is 2.32 bits per heavy atom. The first-order valence-corrected chi connectivity index (χ1v) is 13.5. The summed E-state index contributed by atoms with van der Waals surface area (Å²) >= 11 is 0. The third-order valence-electron chi connectivity index (χ3n) is 6.15. The smallest absolute Gasteiger partial charge is 0.308 e. The van der Waals surface area contributed by atoms with Gasteiger partial charge in [-0.25, -0.2) is 15.3 Å². The number of nitrogens with zero attached hydrogens (tertiary/aromatic N) is 1. The molecular formula is C29H43N3O6. The van der Waals surface area contributed by atoms with Crippen LogP contribution < -0.4 is 10.9 Å². The minimum atomic E-state index is -0.793. The average Bonchev–Trinajstić information content (AvgIpc) is 2.88. The van der Waals surface area contributed by atoms with E-state index >= 15 is 0 Å². The second-order valence-corrected chi connectivity index (χ2v) is 10.6. The summed E-state index contributed by atoms with van der Waals surface area (Å²) in [6.45, 7) is 9.61. The van der Waals surface area contributed by atoms with E-state index in [1.807, 2.05) is 70.2 Å².